The zero-order valence-corrected chi connectivity index (χ0v) is 15.0. The zero-order chi connectivity index (χ0) is 17.9. The normalized spacial score (nSPS) is 47.8. The van der Waals surface area contributed by atoms with E-state index in [0.717, 1.165) is 5.57 Å². The van der Waals surface area contributed by atoms with Gasteiger partial charge >= 0.3 is 0 Å². The second kappa shape index (κ2) is 5.94. The first-order valence-electron chi connectivity index (χ1n) is 9.21. The molecule has 3 fully saturated rings. The Bertz CT molecular complexity index is 540. The number of aliphatic hydroxyl groups excluding tert-OH is 3. The van der Waals surface area contributed by atoms with Gasteiger partial charge in [-0.05, 0) is 54.9 Å². The minimum Gasteiger partial charge on any atom is -0.393 e. The lowest BCUT2D eigenvalue weighted by Gasteiger charge is -2.58. The summed E-state index contributed by atoms with van der Waals surface area (Å²) < 4.78 is 0. The predicted octanol–water partition coefficient (Wildman–Crippen LogP) is 1.88. The Kier molecular flexibility index (Phi) is 4.49. The summed E-state index contributed by atoms with van der Waals surface area (Å²) in [5, 5.41) is 40.1. The first-order chi connectivity index (χ1) is 11.1. The van der Waals surface area contributed by atoms with E-state index < -0.39 is 18.3 Å². The van der Waals surface area contributed by atoms with Crippen LogP contribution in [-0.2, 0) is 0 Å². The van der Waals surface area contributed by atoms with Crippen molar-refractivity contribution in [1.29, 1.82) is 0 Å². The molecule has 4 heteroatoms. The lowest BCUT2D eigenvalue weighted by Crippen LogP contribution is -2.57. The van der Waals surface area contributed by atoms with Gasteiger partial charge in [0.1, 0.15) is 5.60 Å². The smallest absolute Gasteiger partial charge is 0.103 e. The molecule has 0 heterocycles. The van der Waals surface area contributed by atoms with Crippen LogP contribution in [0.5, 0.6) is 0 Å². The molecule has 0 aromatic heterocycles. The van der Waals surface area contributed by atoms with Gasteiger partial charge in [0, 0.05) is 5.41 Å². The van der Waals surface area contributed by atoms with Gasteiger partial charge in [0.15, 0.2) is 0 Å². The lowest BCUT2D eigenvalue weighted by molar-refractivity contribution is -0.143. The molecule has 3 saturated carbocycles. The summed E-state index contributed by atoms with van der Waals surface area (Å²) in [7, 11) is 0. The van der Waals surface area contributed by atoms with Gasteiger partial charge in [0.05, 0.1) is 18.8 Å². The fraction of sp³-hybridized carbons (Fsp3) is 0.800. The average Bonchev–Trinajstić information content (AvgIpc) is 2.97. The van der Waals surface area contributed by atoms with Crippen LogP contribution in [0, 0.1) is 35.0 Å². The van der Waals surface area contributed by atoms with Crippen LogP contribution < -0.4 is 0 Å². The van der Waals surface area contributed by atoms with Crippen LogP contribution >= 0.6 is 0 Å². The Hall–Kier alpha value is -0.680. The van der Waals surface area contributed by atoms with Crippen molar-refractivity contribution in [2.45, 2.75) is 57.8 Å². The molecule has 0 bridgehead atoms. The van der Waals surface area contributed by atoms with Crippen LogP contribution in [0.25, 0.3) is 0 Å². The third-order valence-corrected chi connectivity index (χ3v) is 7.43. The van der Waals surface area contributed by atoms with Crippen molar-refractivity contribution < 1.29 is 20.4 Å². The van der Waals surface area contributed by atoms with Gasteiger partial charge in [0.2, 0.25) is 0 Å². The molecule has 0 amide bonds. The van der Waals surface area contributed by atoms with Gasteiger partial charge < -0.3 is 20.4 Å². The average molecular weight is 336 g/mol. The molecule has 9 atom stereocenters. The quantitative estimate of drug-likeness (QED) is 0.578. The second-order valence-electron chi connectivity index (χ2n) is 8.88. The van der Waals surface area contributed by atoms with E-state index in [1.165, 1.54) is 31.9 Å². The van der Waals surface area contributed by atoms with Crippen molar-refractivity contribution in [2.75, 3.05) is 6.61 Å². The monoisotopic (exact) mass is 336 g/mol. The maximum atomic E-state index is 10.7. The van der Waals surface area contributed by atoms with Crippen LogP contribution in [-0.4, -0.2) is 44.8 Å². The van der Waals surface area contributed by atoms with Crippen LogP contribution in [0.2, 0.25) is 0 Å². The molecular weight excluding hydrogens is 304 g/mol. The molecule has 0 saturated heterocycles. The molecule has 0 aromatic carbocycles. The van der Waals surface area contributed by atoms with Crippen LogP contribution in [0.4, 0.5) is 0 Å². The van der Waals surface area contributed by atoms with Crippen molar-refractivity contribution in [3.63, 3.8) is 0 Å². The molecule has 0 radical (unpaired) electrons. The molecule has 24 heavy (non-hydrogen) atoms. The molecule has 2 unspecified atom stereocenters. The van der Waals surface area contributed by atoms with Crippen molar-refractivity contribution in [1.82, 2.24) is 0 Å². The molecule has 4 N–H and O–H groups in total. The molecule has 3 aliphatic rings. The van der Waals surface area contributed by atoms with E-state index in [4.69, 9.17) is 5.11 Å². The fourth-order valence-electron chi connectivity index (χ4n) is 5.99. The van der Waals surface area contributed by atoms with Gasteiger partial charge in [0.25, 0.3) is 0 Å². The van der Waals surface area contributed by atoms with E-state index in [1.54, 1.807) is 0 Å². The van der Waals surface area contributed by atoms with Crippen molar-refractivity contribution in [3.05, 3.63) is 24.3 Å². The summed E-state index contributed by atoms with van der Waals surface area (Å²) >= 11 is 0. The Morgan fingerprint density at radius 3 is 2.71 bits per heavy atom. The molecule has 4 nitrogen and oxygen atoms in total. The number of aliphatic hydroxyl groups is 4. The van der Waals surface area contributed by atoms with Crippen molar-refractivity contribution in [3.8, 4) is 0 Å². The summed E-state index contributed by atoms with van der Waals surface area (Å²) in [6.45, 7) is 9.75. The highest BCUT2D eigenvalue weighted by atomic mass is 16.3. The third-order valence-electron chi connectivity index (χ3n) is 7.43. The summed E-state index contributed by atoms with van der Waals surface area (Å²) in [6.07, 6.45) is 4.85. The third kappa shape index (κ3) is 2.50. The predicted molar refractivity (Wildman–Crippen MR) is 93.1 cm³/mol. The van der Waals surface area contributed by atoms with Crippen LogP contribution in [0.3, 0.4) is 0 Å². The van der Waals surface area contributed by atoms with Gasteiger partial charge in [-0.2, -0.15) is 0 Å². The topological polar surface area (TPSA) is 80.9 Å². The molecule has 0 aliphatic heterocycles. The van der Waals surface area contributed by atoms with Crippen LogP contribution in [0.15, 0.2) is 24.3 Å². The summed E-state index contributed by atoms with van der Waals surface area (Å²) in [5.41, 5.74) is -0.652. The number of hydrogen-bond acceptors (Lipinski definition) is 4. The minimum absolute atomic E-state index is 0.0386. The van der Waals surface area contributed by atoms with E-state index >= 15 is 0 Å². The Morgan fingerprint density at radius 2 is 2.08 bits per heavy atom. The summed E-state index contributed by atoms with van der Waals surface area (Å²) in [4.78, 5) is 0. The highest BCUT2D eigenvalue weighted by molar-refractivity contribution is 5.27. The second-order valence-corrected chi connectivity index (χ2v) is 8.88. The Morgan fingerprint density at radius 1 is 1.42 bits per heavy atom. The van der Waals surface area contributed by atoms with Gasteiger partial charge in [-0.1, -0.05) is 39.0 Å². The van der Waals surface area contributed by atoms with E-state index in [0.29, 0.717) is 30.1 Å². The SMILES string of the molecule is C=C(C(O)/C=C\C(C)(O)CO)[C@@H]1C[C@@H](O)[C@@]2(C)[C@@H]1[C@@H]1[C@H](C)CC[C@@H]12. The van der Waals surface area contributed by atoms with E-state index in [2.05, 4.69) is 20.4 Å². The Labute approximate surface area is 144 Å². The van der Waals surface area contributed by atoms with Gasteiger partial charge in [-0.25, -0.2) is 0 Å². The molecule has 3 rings (SSSR count). The molecule has 136 valence electrons. The fourth-order valence-corrected chi connectivity index (χ4v) is 5.99. The largest absolute Gasteiger partial charge is 0.393 e. The van der Waals surface area contributed by atoms with Gasteiger partial charge in [-0.15, -0.1) is 0 Å². The lowest BCUT2D eigenvalue weighted by atomic mass is 9.46. The minimum atomic E-state index is -1.34. The number of fused-ring (bicyclic) bond motifs is 4. The van der Waals surface area contributed by atoms with E-state index in [-0.39, 0.29) is 17.4 Å². The van der Waals surface area contributed by atoms with Gasteiger partial charge in [-0.3, -0.25) is 0 Å². The zero-order valence-electron chi connectivity index (χ0n) is 15.0. The summed E-state index contributed by atoms with van der Waals surface area (Å²) in [5.74, 6) is 2.42. The van der Waals surface area contributed by atoms with E-state index in [1.807, 2.05) is 0 Å². The molecule has 0 aromatic rings. The first kappa shape index (κ1) is 18.1. The molecular formula is C20H32O4. The van der Waals surface area contributed by atoms with Crippen molar-refractivity contribution >= 4 is 0 Å². The maximum absolute atomic E-state index is 10.7. The number of rotatable bonds is 5. The highest BCUT2D eigenvalue weighted by Gasteiger charge is 2.70. The summed E-state index contributed by atoms with van der Waals surface area (Å²) in [6, 6.07) is 0. The molecule has 0 spiro atoms. The Balaban J connectivity index is 1.76. The standard InChI is InChI=1S/C20H32O4/c1-11-5-6-14-17(11)18-13(9-16(23)20(14,18)4)12(2)15(22)7-8-19(3,24)10-21/h7-8,11,13-18,21-24H,2,5-6,9-10H2,1,3-4H3/b8-7-/t11-,13+,14+,15?,16-,17-,18+,19?,20+/m1/s1. The number of hydrogen-bond donors (Lipinski definition) is 4. The maximum Gasteiger partial charge on any atom is 0.103 e. The van der Waals surface area contributed by atoms with Crippen LogP contribution in [0.1, 0.15) is 40.0 Å². The first-order valence-corrected chi connectivity index (χ1v) is 9.21. The van der Waals surface area contributed by atoms with E-state index in [9.17, 15) is 15.3 Å². The molecule has 3 aliphatic carbocycles. The van der Waals surface area contributed by atoms with Crippen molar-refractivity contribution in [2.24, 2.45) is 35.0 Å². The highest BCUT2D eigenvalue weighted by Crippen LogP contribution is 2.73.